The van der Waals surface area contributed by atoms with Crippen LogP contribution in [0.4, 0.5) is 5.69 Å². The summed E-state index contributed by atoms with van der Waals surface area (Å²) >= 11 is 0. The molecular weight excluding hydrogens is 266 g/mol. The van der Waals surface area contributed by atoms with Crippen molar-refractivity contribution in [3.05, 3.63) is 30.2 Å². The van der Waals surface area contributed by atoms with Crippen LogP contribution in [-0.2, 0) is 10.0 Å². The fraction of sp³-hybridized carbons (Fsp3) is 0.333. The summed E-state index contributed by atoms with van der Waals surface area (Å²) in [6.45, 7) is 3.49. The summed E-state index contributed by atoms with van der Waals surface area (Å²) < 4.78 is 31.5. The molecule has 1 N–H and O–H groups in total. The van der Waals surface area contributed by atoms with Gasteiger partial charge in [-0.3, -0.25) is 4.72 Å². The van der Waals surface area contributed by atoms with E-state index in [4.69, 9.17) is 4.42 Å². The maximum Gasteiger partial charge on any atom is 0.249 e. The normalized spacial score (nSPS) is 11.5. The molecule has 1 aromatic heterocycles. The minimum atomic E-state index is -3.35. The molecule has 19 heavy (non-hydrogen) atoms. The van der Waals surface area contributed by atoms with E-state index in [1.807, 2.05) is 6.92 Å². The lowest BCUT2D eigenvalue weighted by Crippen LogP contribution is -2.16. The standard InChI is InChI=1S/C12H15N3O3S/c1-3-8-19(16,17)15-11-7-5-4-6-10(11)12-14-13-9(2)18-12/h4-7,15H,3,8H2,1-2H3. The minimum Gasteiger partial charge on any atom is -0.421 e. The van der Waals surface area contributed by atoms with Gasteiger partial charge in [-0.1, -0.05) is 19.1 Å². The number of benzene rings is 1. The Morgan fingerprint density at radius 1 is 1.26 bits per heavy atom. The second-order valence-corrected chi connectivity index (χ2v) is 5.93. The van der Waals surface area contributed by atoms with Crippen molar-refractivity contribution in [2.45, 2.75) is 20.3 Å². The molecule has 1 aromatic carbocycles. The number of nitrogens with one attached hydrogen (secondary N) is 1. The van der Waals surface area contributed by atoms with Gasteiger partial charge in [-0.25, -0.2) is 8.42 Å². The monoisotopic (exact) mass is 281 g/mol. The predicted molar refractivity (Wildman–Crippen MR) is 72.2 cm³/mol. The van der Waals surface area contributed by atoms with E-state index in [2.05, 4.69) is 14.9 Å². The molecule has 0 fully saturated rings. The second-order valence-electron chi connectivity index (χ2n) is 4.09. The number of anilines is 1. The summed E-state index contributed by atoms with van der Waals surface area (Å²) in [7, 11) is -3.35. The molecule has 0 saturated carbocycles. The van der Waals surface area contributed by atoms with Gasteiger partial charge in [-0.05, 0) is 18.6 Å². The van der Waals surface area contributed by atoms with Gasteiger partial charge in [-0.15, -0.1) is 10.2 Å². The van der Waals surface area contributed by atoms with Gasteiger partial charge in [-0.2, -0.15) is 0 Å². The van der Waals surface area contributed by atoms with E-state index in [9.17, 15) is 8.42 Å². The summed E-state index contributed by atoms with van der Waals surface area (Å²) in [4.78, 5) is 0. The van der Waals surface area contributed by atoms with Crippen LogP contribution in [0.1, 0.15) is 19.2 Å². The fourth-order valence-corrected chi connectivity index (χ4v) is 2.80. The van der Waals surface area contributed by atoms with Gasteiger partial charge in [0.25, 0.3) is 0 Å². The first kappa shape index (κ1) is 13.5. The van der Waals surface area contributed by atoms with Gasteiger partial charge in [0.1, 0.15) is 0 Å². The van der Waals surface area contributed by atoms with Crippen LogP contribution in [0, 0.1) is 6.92 Å². The molecule has 7 heteroatoms. The SMILES string of the molecule is CCCS(=O)(=O)Nc1ccccc1-c1nnc(C)o1. The first-order chi connectivity index (χ1) is 9.02. The smallest absolute Gasteiger partial charge is 0.249 e. The molecule has 0 saturated heterocycles. The Bertz CT molecular complexity index is 664. The summed E-state index contributed by atoms with van der Waals surface area (Å²) in [6.07, 6.45) is 0.553. The van der Waals surface area contributed by atoms with Crippen molar-refractivity contribution in [2.75, 3.05) is 10.5 Å². The quantitative estimate of drug-likeness (QED) is 0.908. The highest BCUT2D eigenvalue weighted by molar-refractivity contribution is 7.92. The first-order valence-electron chi connectivity index (χ1n) is 5.92. The van der Waals surface area contributed by atoms with Gasteiger partial charge in [0.2, 0.25) is 21.8 Å². The molecule has 6 nitrogen and oxygen atoms in total. The van der Waals surface area contributed by atoms with E-state index in [-0.39, 0.29) is 5.75 Å². The zero-order valence-electron chi connectivity index (χ0n) is 10.8. The van der Waals surface area contributed by atoms with E-state index in [1.165, 1.54) is 0 Å². The molecule has 102 valence electrons. The number of aromatic nitrogens is 2. The Hall–Kier alpha value is -1.89. The van der Waals surface area contributed by atoms with Crippen molar-refractivity contribution in [2.24, 2.45) is 0 Å². The number of hydrogen-bond donors (Lipinski definition) is 1. The van der Waals surface area contributed by atoms with Crippen molar-refractivity contribution in [3.8, 4) is 11.5 Å². The Kier molecular flexibility index (Phi) is 3.84. The van der Waals surface area contributed by atoms with Crippen LogP contribution in [0.25, 0.3) is 11.5 Å². The summed E-state index contributed by atoms with van der Waals surface area (Å²) in [6, 6.07) is 6.93. The van der Waals surface area contributed by atoms with E-state index >= 15 is 0 Å². The van der Waals surface area contributed by atoms with Crippen molar-refractivity contribution < 1.29 is 12.8 Å². The summed E-state index contributed by atoms with van der Waals surface area (Å²) in [5.74, 6) is 0.804. The molecule has 0 radical (unpaired) electrons. The molecule has 2 aromatic rings. The fourth-order valence-electron chi connectivity index (χ4n) is 1.65. The second kappa shape index (κ2) is 5.40. The Morgan fingerprint density at radius 3 is 2.63 bits per heavy atom. The third-order valence-corrected chi connectivity index (χ3v) is 3.90. The van der Waals surface area contributed by atoms with Crippen molar-refractivity contribution in [1.82, 2.24) is 10.2 Å². The van der Waals surface area contributed by atoms with Crippen molar-refractivity contribution >= 4 is 15.7 Å². The Balaban J connectivity index is 2.37. The van der Waals surface area contributed by atoms with Gasteiger partial charge < -0.3 is 4.42 Å². The zero-order valence-corrected chi connectivity index (χ0v) is 11.6. The lowest BCUT2D eigenvalue weighted by molar-refractivity contribution is 0.533. The molecule has 2 rings (SSSR count). The number of nitrogens with zero attached hydrogens (tertiary/aromatic N) is 2. The average molecular weight is 281 g/mol. The molecule has 0 bridgehead atoms. The van der Waals surface area contributed by atoms with Gasteiger partial charge >= 0.3 is 0 Å². The topological polar surface area (TPSA) is 85.1 Å². The highest BCUT2D eigenvalue weighted by Crippen LogP contribution is 2.27. The maximum atomic E-state index is 11.8. The highest BCUT2D eigenvalue weighted by atomic mass is 32.2. The maximum absolute atomic E-state index is 11.8. The Morgan fingerprint density at radius 2 is 2.00 bits per heavy atom. The third kappa shape index (κ3) is 3.31. The first-order valence-corrected chi connectivity index (χ1v) is 7.57. The van der Waals surface area contributed by atoms with E-state index in [0.29, 0.717) is 29.5 Å². The number of aryl methyl sites for hydroxylation is 1. The molecule has 0 aliphatic rings. The molecule has 0 aliphatic heterocycles. The lowest BCUT2D eigenvalue weighted by atomic mass is 10.2. The molecule has 0 aliphatic carbocycles. The number of sulfonamides is 1. The summed E-state index contributed by atoms with van der Waals surface area (Å²) in [5, 5.41) is 7.64. The van der Waals surface area contributed by atoms with E-state index in [1.54, 1.807) is 31.2 Å². The number of hydrogen-bond acceptors (Lipinski definition) is 5. The van der Waals surface area contributed by atoms with Crippen LogP contribution in [-0.4, -0.2) is 24.4 Å². The summed E-state index contributed by atoms with van der Waals surface area (Å²) in [5.41, 5.74) is 1.02. The van der Waals surface area contributed by atoms with Crippen LogP contribution in [0.5, 0.6) is 0 Å². The van der Waals surface area contributed by atoms with Crippen LogP contribution in [0.3, 0.4) is 0 Å². The number of para-hydroxylation sites is 1. The van der Waals surface area contributed by atoms with Gasteiger partial charge in [0.15, 0.2) is 0 Å². The minimum absolute atomic E-state index is 0.0736. The molecule has 0 unspecified atom stereocenters. The molecule has 1 heterocycles. The van der Waals surface area contributed by atoms with Crippen LogP contribution < -0.4 is 4.72 Å². The molecule has 0 atom stereocenters. The van der Waals surface area contributed by atoms with Crippen LogP contribution >= 0.6 is 0 Å². The average Bonchev–Trinajstić information content (AvgIpc) is 2.75. The highest BCUT2D eigenvalue weighted by Gasteiger charge is 2.15. The van der Waals surface area contributed by atoms with Crippen molar-refractivity contribution in [1.29, 1.82) is 0 Å². The van der Waals surface area contributed by atoms with Crippen molar-refractivity contribution in [3.63, 3.8) is 0 Å². The van der Waals surface area contributed by atoms with Gasteiger partial charge in [0.05, 0.1) is 17.0 Å². The van der Waals surface area contributed by atoms with Crippen LogP contribution in [0.15, 0.2) is 28.7 Å². The van der Waals surface area contributed by atoms with E-state index < -0.39 is 10.0 Å². The van der Waals surface area contributed by atoms with E-state index in [0.717, 1.165) is 0 Å². The molecule has 0 spiro atoms. The predicted octanol–water partition coefficient (Wildman–Crippen LogP) is 2.20. The zero-order chi connectivity index (χ0) is 13.9. The molecular formula is C12H15N3O3S. The largest absolute Gasteiger partial charge is 0.421 e. The molecule has 0 amide bonds. The van der Waals surface area contributed by atoms with Crippen LogP contribution in [0.2, 0.25) is 0 Å². The lowest BCUT2D eigenvalue weighted by Gasteiger charge is -2.09. The Labute approximate surface area is 111 Å². The third-order valence-electron chi connectivity index (χ3n) is 2.42. The van der Waals surface area contributed by atoms with Gasteiger partial charge in [0, 0.05) is 6.92 Å². The number of rotatable bonds is 5.